The Labute approximate surface area is 175 Å². The molecular weight excluding hydrogens is 380 g/mol. The second kappa shape index (κ2) is 9.05. The fourth-order valence-electron chi connectivity index (χ4n) is 3.51. The molecule has 1 amide bonds. The van der Waals surface area contributed by atoms with Gasteiger partial charge in [-0.25, -0.2) is 0 Å². The molecule has 0 saturated carbocycles. The maximum atomic E-state index is 12.8. The predicted molar refractivity (Wildman–Crippen MR) is 119 cm³/mol. The van der Waals surface area contributed by atoms with Gasteiger partial charge in [-0.1, -0.05) is 48.5 Å². The molecule has 1 aliphatic rings. The van der Waals surface area contributed by atoms with Crippen LogP contribution >= 0.6 is 11.8 Å². The van der Waals surface area contributed by atoms with Gasteiger partial charge in [0.25, 0.3) is 5.91 Å². The van der Waals surface area contributed by atoms with Gasteiger partial charge in [0, 0.05) is 41.4 Å². The number of nitrogens with zero attached hydrogens (tertiary/aromatic N) is 1. The molecule has 0 atom stereocenters. The van der Waals surface area contributed by atoms with Crippen LogP contribution in [-0.2, 0) is 13.1 Å². The fourth-order valence-corrected chi connectivity index (χ4v) is 4.54. The van der Waals surface area contributed by atoms with Gasteiger partial charge < -0.3 is 15.0 Å². The molecule has 29 heavy (non-hydrogen) atoms. The minimum atomic E-state index is -0.0751. The highest BCUT2D eigenvalue weighted by Crippen LogP contribution is 2.36. The highest BCUT2D eigenvalue weighted by atomic mass is 32.2. The van der Waals surface area contributed by atoms with Crippen LogP contribution in [0.5, 0.6) is 5.75 Å². The summed E-state index contributed by atoms with van der Waals surface area (Å²) in [5.41, 5.74) is 4.05. The van der Waals surface area contributed by atoms with Gasteiger partial charge in [-0.05, 0) is 29.8 Å². The van der Waals surface area contributed by atoms with E-state index >= 15 is 0 Å². The highest BCUT2D eigenvalue weighted by molar-refractivity contribution is 7.99. The van der Waals surface area contributed by atoms with Crippen molar-refractivity contribution in [2.75, 3.05) is 24.3 Å². The van der Waals surface area contributed by atoms with Gasteiger partial charge in [0.1, 0.15) is 5.75 Å². The van der Waals surface area contributed by atoms with E-state index < -0.39 is 0 Å². The molecule has 148 valence electrons. The average molecular weight is 405 g/mol. The summed E-state index contributed by atoms with van der Waals surface area (Å²) < 4.78 is 5.37. The molecule has 1 N–H and O–H groups in total. The first-order chi connectivity index (χ1) is 14.2. The molecule has 0 aromatic heterocycles. The second-order valence-electron chi connectivity index (χ2n) is 6.93. The summed E-state index contributed by atoms with van der Waals surface area (Å²) in [5, 5.41) is 3.02. The minimum Gasteiger partial charge on any atom is -0.496 e. The van der Waals surface area contributed by atoms with Crippen LogP contribution in [0.15, 0.2) is 77.7 Å². The summed E-state index contributed by atoms with van der Waals surface area (Å²) in [5.74, 6) is 1.76. The van der Waals surface area contributed by atoms with Gasteiger partial charge in [-0.2, -0.15) is 0 Å². The summed E-state index contributed by atoms with van der Waals surface area (Å²) in [7, 11) is 1.64. The normalized spacial score (nSPS) is 12.9. The third kappa shape index (κ3) is 4.57. The monoisotopic (exact) mass is 404 g/mol. The van der Waals surface area contributed by atoms with Gasteiger partial charge in [0.15, 0.2) is 0 Å². The molecule has 0 spiro atoms. The van der Waals surface area contributed by atoms with E-state index in [-0.39, 0.29) is 5.91 Å². The number of carbonyl (C=O) groups is 1. The Hall–Kier alpha value is -2.92. The Kier molecular flexibility index (Phi) is 6.06. The van der Waals surface area contributed by atoms with Crippen molar-refractivity contribution in [2.45, 2.75) is 18.0 Å². The molecule has 1 aliphatic heterocycles. The predicted octanol–water partition coefficient (Wildman–Crippen LogP) is 4.74. The summed E-state index contributed by atoms with van der Waals surface area (Å²) in [6.07, 6.45) is 0. The second-order valence-corrected chi connectivity index (χ2v) is 8.07. The Balaban J connectivity index is 1.50. The zero-order chi connectivity index (χ0) is 20.1. The summed E-state index contributed by atoms with van der Waals surface area (Å²) in [6.45, 7) is 2.25. The Morgan fingerprint density at radius 2 is 1.86 bits per heavy atom. The van der Waals surface area contributed by atoms with Gasteiger partial charge in [0.05, 0.1) is 12.8 Å². The minimum absolute atomic E-state index is 0.0751. The van der Waals surface area contributed by atoms with E-state index in [1.165, 1.54) is 10.5 Å². The number of nitrogens with one attached hydrogen (secondary N) is 1. The molecule has 3 aromatic rings. The van der Waals surface area contributed by atoms with Crippen molar-refractivity contribution < 1.29 is 9.53 Å². The summed E-state index contributed by atoms with van der Waals surface area (Å²) >= 11 is 1.85. The van der Waals surface area contributed by atoms with Gasteiger partial charge in [-0.3, -0.25) is 4.79 Å². The number of thioether (sulfide) groups is 1. The van der Waals surface area contributed by atoms with E-state index in [4.69, 9.17) is 4.74 Å². The number of anilines is 1. The smallest absolute Gasteiger partial charge is 0.251 e. The first-order valence-corrected chi connectivity index (χ1v) is 10.7. The average Bonchev–Trinajstić information content (AvgIpc) is 2.78. The number of carbonyl (C=O) groups excluding carboxylic acids is 1. The maximum absolute atomic E-state index is 12.8. The van der Waals surface area contributed by atoms with Crippen LogP contribution in [0.1, 0.15) is 21.5 Å². The molecule has 0 radical (unpaired) electrons. The van der Waals surface area contributed by atoms with Crippen molar-refractivity contribution in [3.63, 3.8) is 0 Å². The number of methoxy groups -OCH3 is 1. The number of ether oxygens (including phenoxy) is 1. The molecule has 4 nitrogen and oxygen atoms in total. The molecule has 0 aliphatic carbocycles. The number of hydrogen-bond donors (Lipinski definition) is 1. The van der Waals surface area contributed by atoms with Crippen LogP contribution in [0.25, 0.3) is 0 Å². The lowest BCUT2D eigenvalue weighted by molar-refractivity contribution is 0.0950. The number of benzene rings is 3. The fraction of sp³-hybridized carbons (Fsp3) is 0.208. The van der Waals surface area contributed by atoms with Crippen LogP contribution in [0.4, 0.5) is 5.69 Å². The molecule has 0 saturated heterocycles. The van der Waals surface area contributed by atoms with Crippen molar-refractivity contribution in [3.8, 4) is 5.75 Å². The number of rotatable bonds is 6. The standard InChI is InChI=1S/C24H24N2O2S/c1-28-22-10-6-5-9-20(22)16-25-24(27)19-11-12-23-21(15-19)26(13-14-29-23)17-18-7-3-2-4-8-18/h2-12,15H,13-14,16-17H2,1H3,(H,25,27). The number of amides is 1. The number of hydrogen-bond acceptors (Lipinski definition) is 4. The van der Waals surface area contributed by atoms with E-state index in [2.05, 4.69) is 40.5 Å². The lowest BCUT2D eigenvalue weighted by Gasteiger charge is -2.31. The Morgan fingerprint density at radius 1 is 1.07 bits per heavy atom. The Bertz CT molecular complexity index is 991. The van der Waals surface area contributed by atoms with Crippen molar-refractivity contribution in [2.24, 2.45) is 0 Å². The molecule has 5 heteroatoms. The van der Waals surface area contributed by atoms with Crippen molar-refractivity contribution >= 4 is 23.4 Å². The number of fused-ring (bicyclic) bond motifs is 1. The Morgan fingerprint density at radius 3 is 2.69 bits per heavy atom. The molecule has 0 fully saturated rings. The van der Waals surface area contributed by atoms with Gasteiger partial charge in [0.2, 0.25) is 0 Å². The zero-order valence-electron chi connectivity index (χ0n) is 16.4. The molecule has 4 rings (SSSR count). The quantitative estimate of drug-likeness (QED) is 0.644. The van der Waals surface area contributed by atoms with Crippen LogP contribution in [0, 0.1) is 0 Å². The zero-order valence-corrected chi connectivity index (χ0v) is 17.2. The van der Waals surface area contributed by atoms with E-state index in [1.807, 2.05) is 54.2 Å². The van der Waals surface area contributed by atoms with Gasteiger partial charge >= 0.3 is 0 Å². The SMILES string of the molecule is COc1ccccc1CNC(=O)c1ccc2c(c1)N(Cc1ccccc1)CCS2. The van der Waals surface area contributed by atoms with E-state index in [0.29, 0.717) is 12.1 Å². The van der Waals surface area contributed by atoms with Crippen LogP contribution in [0.3, 0.4) is 0 Å². The topological polar surface area (TPSA) is 41.6 Å². The van der Waals surface area contributed by atoms with E-state index in [0.717, 1.165) is 35.8 Å². The third-order valence-corrected chi connectivity index (χ3v) is 6.07. The highest BCUT2D eigenvalue weighted by Gasteiger charge is 2.19. The van der Waals surface area contributed by atoms with Crippen LogP contribution in [0.2, 0.25) is 0 Å². The molecule has 3 aromatic carbocycles. The van der Waals surface area contributed by atoms with Crippen LogP contribution in [-0.4, -0.2) is 25.3 Å². The molecular formula is C24H24N2O2S. The third-order valence-electron chi connectivity index (χ3n) is 5.03. The first kappa shape index (κ1) is 19.4. The van der Waals surface area contributed by atoms with Crippen molar-refractivity contribution in [3.05, 3.63) is 89.5 Å². The molecule has 1 heterocycles. The van der Waals surface area contributed by atoms with Crippen molar-refractivity contribution in [1.29, 1.82) is 0 Å². The lowest BCUT2D eigenvalue weighted by Crippen LogP contribution is -2.29. The molecule has 0 bridgehead atoms. The lowest BCUT2D eigenvalue weighted by atomic mass is 10.1. The van der Waals surface area contributed by atoms with E-state index in [1.54, 1.807) is 7.11 Å². The first-order valence-electron chi connectivity index (χ1n) is 9.70. The van der Waals surface area contributed by atoms with Crippen LogP contribution < -0.4 is 15.0 Å². The van der Waals surface area contributed by atoms with E-state index in [9.17, 15) is 4.79 Å². The molecule has 0 unspecified atom stereocenters. The largest absolute Gasteiger partial charge is 0.496 e. The van der Waals surface area contributed by atoms with Crippen molar-refractivity contribution in [1.82, 2.24) is 5.32 Å². The van der Waals surface area contributed by atoms with Gasteiger partial charge in [-0.15, -0.1) is 11.8 Å². The summed E-state index contributed by atoms with van der Waals surface area (Å²) in [6, 6.07) is 24.2. The number of para-hydroxylation sites is 1. The summed E-state index contributed by atoms with van der Waals surface area (Å²) in [4.78, 5) is 16.4. The maximum Gasteiger partial charge on any atom is 0.251 e.